The molecule has 2 heterocycles. The number of sulfonamides is 1. The number of hydrogen-bond donors (Lipinski definition) is 1. The monoisotopic (exact) mass is 423 g/mol. The molecule has 9 heteroatoms. The third kappa shape index (κ3) is 4.35. The quantitative estimate of drug-likeness (QED) is 0.763. The van der Waals surface area contributed by atoms with Crippen molar-refractivity contribution in [2.24, 2.45) is 0 Å². The highest BCUT2D eigenvalue weighted by Crippen LogP contribution is 2.25. The number of carbonyl (C=O) groups is 1. The van der Waals surface area contributed by atoms with Crippen LogP contribution >= 0.6 is 11.6 Å². The molecule has 1 N–H and O–H groups in total. The van der Waals surface area contributed by atoms with Crippen LogP contribution in [0.4, 0.5) is 5.69 Å². The number of nitrogens with one attached hydrogen (secondary N) is 1. The smallest absolute Gasteiger partial charge is 0.255 e. The average Bonchev–Trinajstić information content (AvgIpc) is 2.64. The second-order valence-electron chi connectivity index (χ2n) is 6.85. The normalized spacial score (nSPS) is 20.7. The van der Waals surface area contributed by atoms with Crippen LogP contribution in [0.1, 0.15) is 29.8 Å². The molecule has 0 radical (unpaired) electrons. The second-order valence-corrected chi connectivity index (χ2v) is 9.15. The van der Waals surface area contributed by atoms with Gasteiger partial charge in [-0.2, -0.15) is 4.31 Å². The first-order valence-electron chi connectivity index (χ1n) is 8.86. The van der Waals surface area contributed by atoms with Gasteiger partial charge in [-0.3, -0.25) is 4.79 Å². The molecule has 1 saturated heterocycles. The van der Waals surface area contributed by atoms with E-state index >= 15 is 0 Å². The molecule has 1 aliphatic heterocycles. The van der Waals surface area contributed by atoms with Crippen molar-refractivity contribution < 1.29 is 17.9 Å². The van der Waals surface area contributed by atoms with Crippen LogP contribution in [0.15, 0.2) is 41.4 Å². The van der Waals surface area contributed by atoms with Crippen LogP contribution < -0.4 is 5.32 Å². The number of hydrogen-bond acceptors (Lipinski definition) is 5. The van der Waals surface area contributed by atoms with Crippen LogP contribution in [0.3, 0.4) is 0 Å². The number of nitrogens with zero attached hydrogens (tertiary/aromatic N) is 2. The summed E-state index contributed by atoms with van der Waals surface area (Å²) in [5, 5.41) is 2.88. The number of amides is 1. The lowest BCUT2D eigenvalue weighted by atomic mass is 10.2. The van der Waals surface area contributed by atoms with Gasteiger partial charge < -0.3 is 10.1 Å². The Kier molecular flexibility index (Phi) is 6.04. The molecule has 2 aromatic rings. The molecular formula is C19H22ClN3O4S. The predicted octanol–water partition coefficient (Wildman–Crippen LogP) is 3.09. The molecule has 1 aromatic carbocycles. The molecule has 7 nitrogen and oxygen atoms in total. The van der Waals surface area contributed by atoms with Crippen LogP contribution in [-0.4, -0.2) is 48.9 Å². The van der Waals surface area contributed by atoms with Gasteiger partial charge in [0.05, 0.1) is 22.8 Å². The number of morpholine rings is 1. The van der Waals surface area contributed by atoms with Gasteiger partial charge in [-0.25, -0.2) is 13.4 Å². The van der Waals surface area contributed by atoms with Crippen molar-refractivity contribution >= 4 is 33.2 Å². The summed E-state index contributed by atoms with van der Waals surface area (Å²) < 4.78 is 33.1. The fourth-order valence-corrected chi connectivity index (χ4v) is 5.02. The predicted molar refractivity (Wildman–Crippen MR) is 107 cm³/mol. The summed E-state index contributed by atoms with van der Waals surface area (Å²) in [5.74, 6) is -0.459. The highest BCUT2D eigenvalue weighted by atomic mass is 35.5. The van der Waals surface area contributed by atoms with E-state index in [0.717, 1.165) is 5.56 Å². The summed E-state index contributed by atoms with van der Waals surface area (Å²) in [7, 11) is -3.74. The van der Waals surface area contributed by atoms with E-state index in [4.69, 9.17) is 16.3 Å². The van der Waals surface area contributed by atoms with Gasteiger partial charge >= 0.3 is 0 Å². The summed E-state index contributed by atoms with van der Waals surface area (Å²) in [5.41, 5.74) is 1.38. The topological polar surface area (TPSA) is 88.6 Å². The van der Waals surface area contributed by atoms with Crippen LogP contribution in [-0.2, 0) is 14.8 Å². The van der Waals surface area contributed by atoms with Crippen LogP contribution in [0.2, 0.25) is 5.15 Å². The van der Waals surface area contributed by atoms with Gasteiger partial charge in [-0.15, -0.1) is 0 Å². The van der Waals surface area contributed by atoms with Crippen molar-refractivity contribution in [1.82, 2.24) is 9.29 Å². The minimum Gasteiger partial charge on any atom is -0.373 e. The molecule has 150 valence electrons. The molecule has 0 aliphatic carbocycles. The third-order valence-corrected chi connectivity index (χ3v) is 6.59. The first-order chi connectivity index (χ1) is 13.2. The lowest BCUT2D eigenvalue weighted by Crippen LogP contribution is -2.48. The van der Waals surface area contributed by atoms with Gasteiger partial charge in [0.15, 0.2) is 5.15 Å². The van der Waals surface area contributed by atoms with Crippen LogP contribution in [0.25, 0.3) is 0 Å². The van der Waals surface area contributed by atoms with Gasteiger partial charge in [0.1, 0.15) is 0 Å². The maximum atomic E-state index is 13.0. The first-order valence-corrected chi connectivity index (χ1v) is 10.7. The van der Waals surface area contributed by atoms with Crippen molar-refractivity contribution in [3.8, 4) is 0 Å². The van der Waals surface area contributed by atoms with Gasteiger partial charge in [0, 0.05) is 24.8 Å². The molecule has 2 atom stereocenters. The molecule has 0 bridgehead atoms. The van der Waals surface area contributed by atoms with E-state index in [1.165, 1.54) is 16.4 Å². The Morgan fingerprint density at radius 1 is 1.25 bits per heavy atom. The Bertz CT molecular complexity index is 966. The number of aryl methyl sites for hydroxylation is 1. The molecule has 0 unspecified atom stereocenters. The van der Waals surface area contributed by atoms with Gasteiger partial charge in [-0.1, -0.05) is 17.7 Å². The molecule has 28 heavy (non-hydrogen) atoms. The standard InChI is InChI=1S/C19H22ClN3O4S/c1-12-7-8-21-18(20)17(12)22-19(24)15-5-4-6-16(9-15)28(25,26)23-10-13(2)27-14(3)11-23/h4-9,13-14H,10-11H2,1-3H3,(H,22,24)/t13-,14-/m0/s1. The van der Waals surface area contributed by atoms with Crippen LogP contribution in [0.5, 0.6) is 0 Å². The molecule has 3 rings (SSSR count). The van der Waals surface area contributed by atoms with Crippen molar-refractivity contribution in [2.75, 3.05) is 18.4 Å². The molecular weight excluding hydrogens is 402 g/mol. The summed E-state index contributed by atoms with van der Waals surface area (Å²) in [6, 6.07) is 7.68. The first kappa shape index (κ1) is 20.7. The van der Waals surface area contributed by atoms with E-state index in [1.807, 2.05) is 13.8 Å². The Morgan fingerprint density at radius 2 is 1.93 bits per heavy atom. The van der Waals surface area contributed by atoms with Crippen molar-refractivity contribution in [2.45, 2.75) is 37.9 Å². The van der Waals surface area contributed by atoms with E-state index in [1.54, 1.807) is 31.3 Å². The van der Waals surface area contributed by atoms with E-state index < -0.39 is 15.9 Å². The van der Waals surface area contributed by atoms with Crippen molar-refractivity contribution in [3.63, 3.8) is 0 Å². The van der Waals surface area contributed by atoms with E-state index in [-0.39, 0.29) is 40.9 Å². The Balaban J connectivity index is 1.86. The minimum absolute atomic E-state index is 0.0652. The largest absolute Gasteiger partial charge is 0.373 e. The van der Waals surface area contributed by atoms with E-state index in [0.29, 0.717) is 5.69 Å². The SMILES string of the molecule is Cc1ccnc(Cl)c1NC(=O)c1cccc(S(=O)(=O)N2C[C@H](C)O[C@@H](C)C2)c1. The molecule has 0 saturated carbocycles. The number of pyridine rings is 1. The zero-order valence-corrected chi connectivity index (χ0v) is 17.4. The van der Waals surface area contributed by atoms with E-state index in [2.05, 4.69) is 10.3 Å². The van der Waals surface area contributed by atoms with Gasteiger partial charge in [0.25, 0.3) is 5.91 Å². The fourth-order valence-electron chi connectivity index (χ4n) is 3.13. The Morgan fingerprint density at radius 3 is 2.57 bits per heavy atom. The lowest BCUT2D eigenvalue weighted by Gasteiger charge is -2.34. The highest BCUT2D eigenvalue weighted by molar-refractivity contribution is 7.89. The van der Waals surface area contributed by atoms with Gasteiger partial charge in [0.2, 0.25) is 10.0 Å². The number of benzene rings is 1. The second kappa shape index (κ2) is 8.16. The summed E-state index contributed by atoms with van der Waals surface area (Å²) >= 11 is 6.05. The van der Waals surface area contributed by atoms with Crippen LogP contribution in [0, 0.1) is 6.92 Å². The zero-order valence-electron chi connectivity index (χ0n) is 15.8. The Hall–Kier alpha value is -2.00. The number of halogens is 1. The molecule has 0 spiro atoms. The number of rotatable bonds is 4. The molecule has 1 amide bonds. The minimum atomic E-state index is -3.74. The maximum absolute atomic E-state index is 13.0. The summed E-state index contributed by atoms with van der Waals surface area (Å²) in [4.78, 5) is 16.7. The number of ether oxygens (including phenoxy) is 1. The number of aromatic nitrogens is 1. The summed E-state index contributed by atoms with van der Waals surface area (Å²) in [6.07, 6.45) is 1.16. The molecule has 1 fully saturated rings. The molecule has 1 aliphatic rings. The number of carbonyl (C=O) groups excluding carboxylic acids is 1. The average molecular weight is 424 g/mol. The van der Waals surface area contributed by atoms with Gasteiger partial charge in [-0.05, 0) is 50.6 Å². The maximum Gasteiger partial charge on any atom is 0.255 e. The van der Waals surface area contributed by atoms with Crippen molar-refractivity contribution in [3.05, 3.63) is 52.8 Å². The summed E-state index contributed by atoms with van der Waals surface area (Å²) in [6.45, 7) is 6.01. The lowest BCUT2D eigenvalue weighted by molar-refractivity contribution is -0.0440. The highest BCUT2D eigenvalue weighted by Gasteiger charge is 2.32. The number of anilines is 1. The molecule has 1 aromatic heterocycles. The van der Waals surface area contributed by atoms with Crippen molar-refractivity contribution in [1.29, 1.82) is 0 Å². The fraction of sp³-hybridized carbons (Fsp3) is 0.368. The third-order valence-electron chi connectivity index (χ3n) is 4.47. The zero-order chi connectivity index (χ0) is 20.5. The Labute approximate surface area is 169 Å². The van der Waals surface area contributed by atoms with E-state index in [9.17, 15) is 13.2 Å².